The van der Waals surface area contributed by atoms with Crippen LogP contribution in [0.2, 0.25) is 0 Å². The summed E-state index contributed by atoms with van der Waals surface area (Å²) in [6.45, 7) is 5.02. The van der Waals surface area contributed by atoms with E-state index in [-0.39, 0.29) is 0 Å². The molecule has 0 aromatic heterocycles. The Morgan fingerprint density at radius 3 is 2.50 bits per heavy atom. The van der Waals surface area contributed by atoms with E-state index < -0.39 is 0 Å². The monoisotopic (exact) mass is 113 g/mol. The fourth-order valence-corrected chi connectivity index (χ4v) is 0.509. The fourth-order valence-electron chi connectivity index (χ4n) is 0.509. The molecular formula is C7H15N. The average molecular weight is 113 g/mol. The smallest absolute Gasteiger partial charge is 0.00743 e. The van der Waals surface area contributed by atoms with E-state index in [0.29, 0.717) is 0 Å². The van der Waals surface area contributed by atoms with E-state index in [9.17, 15) is 0 Å². The van der Waals surface area contributed by atoms with Gasteiger partial charge >= 0.3 is 0 Å². The number of hydrogen-bond donors (Lipinski definition) is 1. The Bertz CT molecular complexity index is 70.5. The molecule has 0 bridgehead atoms. The summed E-state index contributed by atoms with van der Waals surface area (Å²) in [5, 5.41) is 0. The molecule has 0 saturated heterocycles. The zero-order valence-electron chi connectivity index (χ0n) is 5.78. The molecule has 8 heavy (non-hydrogen) atoms. The first-order chi connectivity index (χ1) is 3.77. The van der Waals surface area contributed by atoms with Crippen LogP contribution in [0.4, 0.5) is 0 Å². The molecule has 0 aromatic carbocycles. The van der Waals surface area contributed by atoms with Crippen molar-refractivity contribution in [3.63, 3.8) is 0 Å². The largest absolute Gasteiger partial charge is 0.330 e. The van der Waals surface area contributed by atoms with E-state index in [1.807, 2.05) is 0 Å². The molecule has 0 radical (unpaired) electrons. The van der Waals surface area contributed by atoms with Crippen LogP contribution in [0.15, 0.2) is 11.6 Å². The van der Waals surface area contributed by atoms with Crippen LogP contribution in [0.3, 0.4) is 0 Å². The third-order valence-corrected chi connectivity index (χ3v) is 0.961. The second-order valence-corrected chi connectivity index (χ2v) is 2.21. The molecule has 48 valence electrons. The Balaban J connectivity index is 3.03. The van der Waals surface area contributed by atoms with Gasteiger partial charge in [-0.25, -0.2) is 0 Å². The van der Waals surface area contributed by atoms with Crippen LogP contribution in [0.25, 0.3) is 0 Å². The maximum absolute atomic E-state index is 5.29. The van der Waals surface area contributed by atoms with Gasteiger partial charge in [0.15, 0.2) is 0 Å². The minimum Gasteiger partial charge on any atom is -0.330 e. The maximum Gasteiger partial charge on any atom is -0.00743 e. The highest BCUT2D eigenvalue weighted by molar-refractivity contribution is 4.92. The lowest BCUT2D eigenvalue weighted by molar-refractivity contribution is 0.850. The summed E-state index contributed by atoms with van der Waals surface area (Å²) in [6, 6.07) is 0. The molecule has 0 aliphatic carbocycles. The number of hydrogen-bond acceptors (Lipinski definition) is 1. The summed E-state index contributed by atoms with van der Waals surface area (Å²) in [5.74, 6) is 0. The van der Waals surface area contributed by atoms with Gasteiger partial charge in [-0.1, -0.05) is 11.6 Å². The summed E-state index contributed by atoms with van der Waals surface area (Å²) < 4.78 is 0. The van der Waals surface area contributed by atoms with Crippen LogP contribution in [0.1, 0.15) is 26.7 Å². The van der Waals surface area contributed by atoms with Crippen LogP contribution in [-0.2, 0) is 0 Å². The van der Waals surface area contributed by atoms with Crippen molar-refractivity contribution in [2.24, 2.45) is 5.73 Å². The van der Waals surface area contributed by atoms with E-state index in [1.165, 1.54) is 5.57 Å². The van der Waals surface area contributed by atoms with Crippen LogP contribution >= 0.6 is 0 Å². The molecule has 1 heteroatoms. The first-order valence-corrected chi connectivity index (χ1v) is 3.11. The second kappa shape index (κ2) is 4.85. The molecule has 0 heterocycles. The summed E-state index contributed by atoms with van der Waals surface area (Å²) in [6.07, 6.45) is 4.47. The number of rotatable bonds is 3. The molecule has 0 unspecified atom stereocenters. The van der Waals surface area contributed by atoms with E-state index >= 15 is 0 Å². The summed E-state index contributed by atoms with van der Waals surface area (Å²) in [7, 11) is 0. The quantitative estimate of drug-likeness (QED) is 0.437. The molecule has 0 rings (SSSR count). The molecule has 0 aliphatic heterocycles. The number of unbranched alkanes of at least 4 members (excludes halogenated alkanes) is 1. The Kier molecular flexibility index (Phi) is 4.67. The average Bonchev–Trinajstić information content (AvgIpc) is 1.66. The standard InChI is InChI=1S/C7H15N/c1-7(2)5-3-4-6-8/h5H,3-4,6,8H2,1-2H3. The van der Waals surface area contributed by atoms with E-state index in [4.69, 9.17) is 5.73 Å². The Hall–Kier alpha value is -0.300. The first-order valence-electron chi connectivity index (χ1n) is 3.11. The van der Waals surface area contributed by atoms with Gasteiger partial charge in [0, 0.05) is 0 Å². The molecule has 0 fully saturated rings. The lowest BCUT2D eigenvalue weighted by Gasteiger charge is -1.89. The molecule has 0 amide bonds. The highest BCUT2D eigenvalue weighted by atomic mass is 14.5. The first kappa shape index (κ1) is 7.70. The topological polar surface area (TPSA) is 26.0 Å². The third-order valence-electron chi connectivity index (χ3n) is 0.961. The van der Waals surface area contributed by atoms with Gasteiger partial charge in [0.25, 0.3) is 0 Å². The molecule has 0 aromatic rings. The second-order valence-electron chi connectivity index (χ2n) is 2.21. The van der Waals surface area contributed by atoms with Crippen molar-refractivity contribution in [1.29, 1.82) is 0 Å². The SMILES string of the molecule is CC(C)=CCCCN. The van der Waals surface area contributed by atoms with Gasteiger partial charge in [0.2, 0.25) is 0 Å². The number of nitrogens with two attached hydrogens (primary N) is 1. The Labute approximate surface area is 51.6 Å². The van der Waals surface area contributed by atoms with Gasteiger partial charge in [-0.2, -0.15) is 0 Å². The molecule has 1 nitrogen and oxygen atoms in total. The predicted octanol–water partition coefficient (Wildman–Crippen LogP) is 1.69. The molecule has 0 atom stereocenters. The minimum atomic E-state index is 0.809. The van der Waals surface area contributed by atoms with Crippen molar-refractivity contribution in [3.05, 3.63) is 11.6 Å². The molecule has 2 N–H and O–H groups in total. The van der Waals surface area contributed by atoms with Crippen molar-refractivity contribution < 1.29 is 0 Å². The lowest BCUT2D eigenvalue weighted by atomic mass is 10.2. The van der Waals surface area contributed by atoms with Crippen LogP contribution in [0.5, 0.6) is 0 Å². The van der Waals surface area contributed by atoms with Crippen LogP contribution < -0.4 is 5.73 Å². The fraction of sp³-hybridized carbons (Fsp3) is 0.714. The van der Waals surface area contributed by atoms with Crippen molar-refractivity contribution >= 4 is 0 Å². The maximum atomic E-state index is 5.29. The normalized spacial score (nSPS) is 8.88. The minimum absolute atomic E-state index is 0.809. The van der Waals surface area contributed by atoms with Crippen LogP contribution in [-0.4, -0.2) is 6.54 Å². The van der Waals surface area contributed by atoms with E-state index in [1.54, 1.807) is 0 Å². The summed E-state index contributed by atoms with van der Waals surface area (Å²) in [5.41, 5.74) is 6.67. The van der Waals surface area contributed by atoms with Crippen LogP contribution in [0, 0.1) is 0 Å². The number of allylic oxidation sites excluding steroid dienone is 2. The highest BCUT2D eigenvalue weighted by Crippen LogP contribution is 1.94. The Morgan fingerprint density at radius 2 is 2.12 bits per heavy atom. The molecule has 0 saturated carbocycles. The molecule has 0 spiro atoms. The molecular weight excluding hydrogens is 98.1 g/mol. The summed E-state index contributed by atoms with van der Waals surface area (Å²) in [4.78, 5) is 0. The van der Waals surface area contributed by atoms with Crippen molar-refractivity contribution in [2.45, 2.75) is 26.7 Å². The predicted molar refractivity (Wildman–Crippen MR) is 37.7 cm³/mol. The third kappa shape index (κ3) is 5.70. The Morgan fingerprint density at radius 1 is 1.50 bits per heavy atom. The zero-order valence-corrected chi connectivity index (χ0v) is 5.78. The van der Waals surface area contributed by atoms with Crippen molar-refractivity contribution in [1.82, 2.24) is 0 Å². The van der Waals surface area contributed by atoms with Gasteiger partial charge in [0.05, 0.1) is 0 Å². The van der Waals surface area contributed by atoms with Crippen molar-refractivity contribution in [3.8, 4) is 0 Å². The zero-order chi connectivity index (χ0) is 6.41. The van der Waals surface area contributed by atoms with Gasteiger partial charge in [0.1, 0.15) is 0 Å². The lowest BCUT2D eigenvalue weighted by Crippen LogP contribution is -1.96. The molecule has 0 aliphatic rings. The highest BCUT2D eigenvalue weighted by Gasteiger charge is 1.77. The van der Waals surface area contributed by atoms with Gasteiger partial charge < -0.3 is 5.73 Å². The van der Waals surface area contributed by atoms with E-state index in [2.05, 4.69) is 19.9 Å². The van der Waals surface area contributed by atoms with Gasteiger partial charge in [-0.3, -0.25) is 0 Å². The summed E-state index contributed by atoms with van der Waals surface area (Å²) >= 11 is 0. The van der Waals surface area contributed by atoms with E-state index in [0.717, 1.165) is 19.4 Å². The van der Waals surface area contributed by atoms with Crippen molar-refractivity contribution in [2.75, 3.05) is 6.54 Å². The van der Waals surface area contributed by atoms with Gasteiger partial charge in [-0.15, -0.1) is 0 Å². The van der Waals surface area contributed by atoms with Gasteiger partial charge in [-0.05, 0) is 33.2 Å².